The lowest BCUT2D eigenvalue weighted by atomic mass is 9.88. The highest BCUT2D eigenvalue weighted by molar-refractivity contribution is 7.04. The summed E-state index contributed by atoms with van der Waals surface area (Å²) < 4.78 is 34.2. The molecule has 0 unspecified atom stereocenters. The Morgan fingerprint density at radius 1 is 0.963 bits per heavy atom. The molecule has 146 valence electrons. The third-order valence-corrected chi connectivity index (χ3v) is 12.7. The molecular formula is C23H30F2OSi. The van der Waals surface area contributed by atoms with Gasteiger partial charge >= 0.3 is 0 Å². The molecule has 1 aliphatic heterocycles. The fraction of sp³-hybridized carbons (Fsp3) is 0.478. The van der Waals surface area contributed by atoms with Crippen LogP contribution in [0, 0.1) is 11.8 Å². The van der Waals surface area contributed by atoms with Crippen molar-refractivity contribution in [3.63, 3.8) is 0 Å². The van der Waals surface area contributed by atoms with E-state index in [1.807, 2.05) is 12.1 Å². The molecule has 0 aliphatic carbocycles. The molecule has 2 aromatic rings. The van der Waals surface area contributed by atoms with Crippen molar-refractivity contribution in [2.24, 2.45) is 11.8 Å². The van der Waals surface area contributed by atoms with E-state index in [4.69, 9.17) is 4.74 Å². The van der Waals surface area contributed by atoms with E-state index in [2.05, 4.69) is 69.3 Å². The summed E-state index contributed by atoms with van der Waals surface area (Å²) in [6.07, 6.45) is 0. The van der Waals surface area contributed by atoms with Crippen molar-refractivity contribution in [3.8, 4) is 0 Å². The van der Waals surface area contributed by atoms with Crippen LogP contribution in [0.15, 0.2) is 60.7 Å². The molecule has 3 rings (SSSR count). The monoisotopic (exact) mass is 388 g/mol. The summed E-state index contributed by atoms with van der Waals surface area (Å²) in [7, 11) is -2.35. The maximum Gasteiger partial charge on any atom is 0.273 e. The first-order chi connectivity index (χ1) is 12.7. The highest BCUT2D eigenvalue weighted by Gasteiger charge is 2.53. The molecule has 0 radical (unpaired) electrons. The van der Waals surface area contributed by atoms with Crippen LogP contribution in [0.5, 0.6) is 0 Å². The Kier molecular flexibility index (Phi) is 5.60. The normalized spacial score (nSPS) is 23.2. The van der Waals surface area contributed by atoms with Crippen LogP contribution in [0.2, 0.25) is 11.1 Å². The van der Waals surface area contributed by atoms with Crippen molar-refractivity contribution in [1.29, 1.82) is 0 Å². The molecule has 4 heteroatoms. The molecule has 0 saturated carbocycles. The van der Waals surface area contributed by atoms with E-state index in [-0.39, 0.29) is 11.0 Å². The first kappa shape index (κ1) is 20.2. The highest BCUT2D eigenvalue weighted by Crippen LogP contribution is 2.45. The van der Waals surface area contributed by atoms with Crippen LogP contribution in [-0.4, -0.2) is 27.2 Å². The lowest BCUT2D eigenvalue weighted by molar-refractivity contribution is -0.170. The van der Waals surface area contributed by atoms with Gasteiger partial charge in [-0.2, -0.15) is 0 Å². The molecule has 0 N–H and O–H groups in total. The van der Waals surface area contributed by atoms with Crippen molar-refractivity contribution >= 4 is 18.4 Å². The van der Waals surface area contributed by atoms with E-state index < -0.39 is 26.5 Å². The Morgan fingerprint density at radius 3 is 1.89 bits per heavy atom. The largest absolute Gasteiger partial charge is 0.375 e. The fourth-order valence-corrected chi connectivity index (χ4v) is 10.5. The second-order valence-electron chi connectivity index (χ2n) is 8.92. The van der Waals surface area contributed by atoms with Gasteiger partial charge in [-0.15, -0.1) is 0 Å². The minimum absolute atomic E-state index is 0.0256. The van der Waals surface area contributed by atoms with Gasteiger partial charge in [0.1, 0.15) is 14.7 Å². The lowest BCUT2D eigenvalue weighted by Crippen LogP contribution is -2.66. The van der Waals surface area contributed by atoms with Gasteiger partial charge in [0.25, 0.3) is 5.92 Å². The van der Waals surface area contributed by atoms with E-state index in [9.17, 15) is 8.78 Å². The number of alkyl halides is 2. The van der Waals surface area contributed by atoms with Gasteiger partial charge in [0.15, 0.2) is 0 Å². The number of ether oxygens (including phenoxy) is 1. The van der Waals surface area contributed by atoms with Gasteiger partial charge < -0.3 is 4.74 Å². The summed E-state index contributed by atoms with van der Waals surface area (Å²) in [6, 6.07) is 21.9. The highest BCUT2D eigenvalue weighted by atomic mass is 28.3. The van der Waals surface area contributed by atoms with Gasteiger partial charge in [-0.25, -0.2) is 8.78 Å². The van der Waals surface area contributed by atoms with Crippen LogP contribution >= 0.6 is 0 Å². The summed E-state index contributed by atoms with van der Waals surface area (Å²) >= 11 is 0. The summed E-state index contributed by atoms with van der Waals surface area (Å²) in [5.74, 6) is -3.58. The van der Waals surface area contributed by atoms with Gasteiger partial charge in [0.05, 0.1) is 0 Å². The van der Waals surface area contributed by atoms with E-state index in [0.717, 1.165) is 6.04 Å². The molecule has 0 aromatic heterocycles. The minimum Gasteiger partial charge on any atom is -0.375 e. The topological polar surface area (TPSA) is 9.23 Å². The standard InChI is InChI=1S/C23H30F2OSi/c1-18-19(15-26-17-23(18,24)25)16-27(22(2,3)4,20-11-7-5-8-12-20)21-13-9-6-10-14-21/h5-14,18-19H,15-17H2,1-4H3/t18-,19+/m1/s1. The molecule has 1 heterocycles. The zero-order valence-electron chi connectivity index (χ0n) is 16.7. The molecule has 1 saturated heterocycles. The average molecular weight is 389 g/mol. The van der Waals surface area contributed by atoms with Gasteiger partial charge in [0, 0.05) is 12.5 Å². The van der Waals surface area contributed by atoms with E-state index in [1.165, 1.54) is 10.4 Å². The molecule has 27 heavy (non-hydrogen) atoms. The zero-order chi connectivity index (χ0) is 19.7. The van der Waals surface area contributed by atoms with Crippen LogP contribution in [0.1, 0.15) is 27.7 Å². The number of benzene rings is 2. The maximum absolute atomic E-state index is 14.4. The van der Waals surface area contributed by atoms with Crippen molar-refractivity contribution < 1.29 is 13.5 Å². The first-order valence-corrected chi connectivity index (χ1v) is 12.0. The molecule has 0 bridgehead atoms. The summed E-state index contributed by atoms with van der Waals surface area (Å²) in [4.78, 5) is 0. The van der Waals surface area contributed by atoms with Crippen molar-refractivity contribution in [2.45, 2.75) is 44.7 Å². The molecule has 1 fully saturated rings. The Labute approximate surface area is 162 Å². The third-order valence-electron chi connectivity index (χ3n) is 6.38. The first-order valence-electron chi connectivity index (χ1n) is 9.75. The average Bonchev–Trinajstić information content (AvgIpc) is 2.63. The molecule has 1 nitrogen and oxygen atoms in total. The maximum atomic E-state index is 14.4. The predicted octanol–water partition coefficient (Wildman–Crippen LogP) is 4.97. The molecule has 1 aliphatic rings. The van der Waals surface area contributed by atoms with Gasteiger partial charge in [0.2, 0.25) is 0 Å². The number of hydrogen-bond acceptors (Lipinski definition) is 1. The van der Waals surface area contributed by atoms with Crippen LogP contribution in [0.3, 0.4) is 0 Å². The number of hydrogen-bond donors (Lipinski definition) is 0. The van der Waals surface area contributed by atoms with Crippen molar-refractivity contribution in [1.82, 2.24) is 0 Å². The second kappa shape index (κ2) is 7.48. The van der Waals surface area contributed by atoms with E-state index in [1.54, 1.807) is 6.92 Å². The van der Waals surface area contributed by atoms with E-state index >= 15 is 0 Å². The van der Waals surface area contributed by atoms with Gasteiger partial charge in [-0.05, 0) is 17.0 Å². The van der Waals surface area contributed by atoms with Crippen molar-refractivity contribution in [2.75, 3.05) is 13.2 Å². The summed E-state index contributed by atoms with van der Waals surface area (Å²) in [6.45, 7) is 8.47. The predicted molar refractivity (Wildman–Crippen MR) is 111 cm³/mol. The number of halogens is 2. The summed E-state index contributed by atoms with van der Waals surface area (Å²) in [5, 5.41) is 2.59. The Morgan fingerprint density at radius 2 is 1.44 bits per heavy atom. The Hall–Kier alpha value is -1.52. The Balaban J connectivity index is 2.15. The van der Waals surface area contributed by atoms with Gasteiger partial charge in [-0.3, -0.25) is 0 Å². The lowest BCUT2D eigenvalue weighted by Gasteiger charge is -2.48. The van der Waals surface area contributed by atoms with Gasteiger partial charge in [-0.1, -0.05) is 98.7 Å². The molecule has 0 amide bonds. The second-order valence-corrected chi connectivity index (χ2v) is 13.8. The quantitative estimate of drug-likeness (QED) is 0.672. The van der Waals surface area contributed by atoms with Crippen LogP contribution in [-0.2, 0) is 4.74 Å². The van der Waals surface area contributed by atoms with E-state index in [0.29, 0.717) is 6.61 Å². The molecule has 2 atom stereocenters. The SMILES string of the molecule is C[C@@H]1[C@H](C[Si](c2ccccc2)(c2ccccc2)C(C)(C)C)COCC1(F)F. The fourth-order valence-electron chi connectivity index (χ4n) is 4.62. The summed E-state index contributed by atoms with van der Waals surface area (Å²) in [5.41, 5.74) is 0. The smallest absolute Gasteiger partial charge is 0.273 e. The Bertz CT molecular complexity index is 700. The zero-order valence-corrected chi connectivity index (χ0v) is 17.7. The van der Waals surface area contributed by atoms with Crippen LogP contribution in [0.25, 0.3) is 0 Å². The number of rotatable bonds is 4. The molecular weight excluding hydrogens is 358 g/mol. The molecule has 2 aromatic carbocycles. The third kappa shape index (κ3) is 3.74. The molecule has 0 spiro atoms. The minimum atomic E-state index is -2.76. The van der Waals surface area contributed by atoms with Crippen LogP contribution in [0.4, 0.5) is 8.78 Å². The van der Waals surface area contributed by atoms with Crippen LogP contribution < -0.4 is 10.4 Å². The van der Waals surface area contributed by atoms with Crippen molar-refractivity contribution in [3.05, 3.63) is 60.7 Å².